The van der Waals surface area contributed by atoms with Gasteiger partial charge in [-0.25, -0.2) is 0 Å². The lowest BCUT2D eigenvalue weighted by Crippen LogP contribution is -2.53. The number of imide groups is 1. The summed E-state index contributed by atoms with van der Waals surface area (Å²) < 4.78 is 0. The predicted molar refractivity (Wildman–Crippen MR) is 111 cm³/mol. The van der Waals surface area contributed by atoms with Gasteiger partial charge in [-0.1, -0.05) is 39.3 Å². The van der Waals surface area contributed by atoms with E-state index in [1.54, 1.807) is 0 Å². The summed E-state index contributed by atoms with van der Waals surface area (Å²) in [5.74, 6) is -1.35. The number of anilines is 1. The fourth-order valence-electron chi connectivity index (χ4n) is 5.43. The second-order valence-corrected chi connectivity index (χ2v) is 9.26. The molecule has 3 aliphatic heterocycles. The number of hydrogen-bond donors (Lipinski definition) is 2. The van der Waals surface area contributed by atoms with Crippen LogP contribution in [0, 0.1) is 31.6 Å². The van der Waals surface area contributed by atoms with E-state index in [1.807, 2.05) is 32.9 Å². The third kappa shape index (κ3) is 2.68. The maximum atomic E-state index is 13.5. The Morgan fingerprint density at radius 2 is 1.86 bits per heavy atom. The molecule has 6 heteroatoms. The fourth-order valence-corrected chi connectivity index (χ4v) is 5.43. The predicted octanol–water partition coefficient (Wildman–Crippen LogP) is 2.87. The first-order valence-corrected chi connectivity index (χ1v) is 10.8. The first-order chi connectivity index (χ1) is 13.7. The number of fused-ring (bicyclic) bond motifs is 4. The van der Waals surface area contributed by atoms with Gasteiger partial charge in [0.1, 0.15) is 5.54 Å². The van der Waals surface area contributed by atoms with Crippen LogP contribution < -0.4 is 10.6 Å². The Hall–Kier alpha value is -2.21. The number of rotatable bonds is 5. The summed E-state index contributed by atoms with van der Waals surface area (Å²) >= 11 is 0. The van der Waals surface area contributed by atoms with Gasteiger partial charge in [0.05, 0.1) is 11.8 Å². The summed E-state index contributed by atoms with van der Waals surface area (Å²) in [6.45, 7) is 10.7. The van der Waals surface area contributed by atoms with Crippen LogP contribution in [0.5, 0.6) is 0 Å². The Bertz CT molecular complexity index is 894. The zero-order valence-corrected chi connectivity index (χ0v) is 18.0. The van der Waals surface area contributed by atoms with Crippen LogP contribution >= 0.6 is 0 Å². The van der Waals surface area contributed by atoms with Crippen LogP contribution in [0.4, 0.5) is 5.69 Å². The SMILES string of the molecule is CCCCN1C(=O)C2C(CC(C)C)NC3(C(=O)Nc4c3ccc(C)c4C)C2C1=O. The van der Waals surface area contributed by atoms with Crippen molar-refractivity contribution in [2.24, 2.45) is 17.8 Å². The minimum Gasteiger partial charge on any atom is -0.324 e. The van der Waals surface area contributed by atoms with Crippen molar-refractivity contribution in [3.63, 3.8) is 0 Å². The van der Waals surface area contributed by atoms with Crippen LogP contribution in [0.15, 0.2) is 12.1 Å². The van der Waals surface area contributed by atoms with E-state index < -0.39 is 17.4 Å². The molecule has 4 unspecified atom stereocenters. The summed E-state index contributed by atoms with van der Waals surface area (Å²) in [6, 6.07) is 3.75. The summed E-state index contributed by atoms with van der Waals surface area (Å²) in [7, 11) is 0. The van der Waals surface area contributed by atoms with Crippen LogP contribution in [0.1, 0.15) is 56.7 Å². The lowest BCUT2D eigenvalue weighted by molar-refractivity contribution is -0.142. The second-order valence-electron chi connectivity index (χ2n) is 9.26. The number of amides is 3. The lowest BCUT2D eigenvalue weighted by Gasteiger charge is -2.30. The van der Waals surface area contributed by atoms with E-state index >= 15 is 0 Å². The highest BCUT2D eigenvalue weighted by molar-refractivity contribution is 6.15. The quantitative estimate of drug-likeness (QED) is 0.749. The molecule has 6 nitrogen and oxygen atoms in total. The highest BCUT2D eigenvalue weighted by atomic mass is 16.2. The number of likely N-dealkylation sites (tertiary alicyclic amines) is 1. The van der Waals surface area contributed by atoms with Gasteiger partial charge in [-0.3, -0.25) is 24.6 Å². The van der Waals surface area contributed by atoms with Gasteiger partial charge >= 0.3 is 0 Å². The number of hydrogen-bond acceptors (Lipinski definition) is 4. The van der Waals surface area contributed by atoms with Crippen molar-refractivity contribution in [1.82, 2.24) is 10.2 Å². The summed E-state index contributed by atoms with van der Waals surface area (Å²) in [6.07, 6.45) is 2.44. The molecule has 0 aromatic heterocycles. The van der Waals surface area contributed by atoms with Crippen molar-refractivity contribution < 1.29 is 14.4 Å². The molecule has 1 aromatic rings. The highest BCUT2D eigenvalue weighted by Gasteiger charge is 2.70. The molecule has 1 spiro atoms. The average Bonchev–Trinajstić information content (AvgIpc) is 3.22. The van der Waals surface area contributed by atoms with E-state index in [1.165, 1.54) is 4.90 Å². The van der Waals surface area contributed by atoms with Gasteiger partial charge in [-0.2, -0.15) is 0 Å². The fraction of sp³-hybridized carbons (Fsp3) is 0.609. The van der Waals surface area contributed by atoms with Crippen molar-refractivity contribution in [3.8, 4) is 0 Å². The highest BCUT2D eigenvalue weighted by Crippen LogP contribution is 2.54. The van der Waals surface area contributed by atoms with Crippen molar-refractivity contribution in [1.29, 1.82) is 0 Å². The molecule has 0 aliphatic carbocycles. The van der Waals surface area contributed by atoms with Crippen LogP contribution in [0.25, 0.3) is 0 Å². The van der Waals surface area contributed by atoms with E-state index in [4.69, 9.17) is 0 Å². The Balaban J connectivity index is 1.85. The number of nitrogens with zero attached hydrogens (tertiary/aromatic N) is 1. The molecule has 3 aliphatic rings. The van der Waals surface area contributed by atoms with Gasteiger partial charge in [0.15, 0.2) is 0 Å². The molecule has 0 saturated carbocycles. The first kappa shape index (κ1) is 20.1. The zero-order valence-electron chi connectivity index (χ0n) is 18.0. The Kier molecular flexibility index (Phi) is 4.80. The van der Waals surface area contributed by atoms with Crippen LogP contribution in [0.3, 0.4) is 0 Å². The maximum absolute atomic E-state index is 13.5. The minimum absolute atomic E-state index is 0.117. The molecule has 4 rings (SSSR count). The molecule has 2 fully saturated rings. The second kappa shape index (κ2) is 6.94. The van der Waals surface area contributed by atoms with Crippen molar-refractivity contribution in [2.75, 3.05) is 11.9 Å². The normalized spacial score (nSPS) is 30.5. The van der Waals surface area contributed by atoms with Gasteiger partial charge in [0.2, 0.25) is 17.7 Å². The molecule has 2 N–H and O–H groups in total. The first-order valence-electron chi connectivity index (χ1n) is 10.8. The van der Waals surface area contributed by atoms with Crippen LogP contribution in [0.2, 0.25) is 0 Å². The average molecular weight is 398 g/mol. The van der Waals surface area contributed by atoms with Crippen LogP contribution in [-0.2, 0) is 19.9 Å². The largest absolute Gasteiger partial charge is 0.324 e. The van der Waals surface area contributed by atoms with Crippen molar-refractivity contribution >= 4 is 23.4 Å². The molecular formula is C23H31N3O3. The third-order valence-corrected chi connectivity index (χ3v) is 6.97. The summed E-state index contributed by atoms with van der Waals surface area (Å²) in [4.78, 5) is 41.6. The molecule has 3 heterocycles. The standard InChI is InChI=1S/C23H31N3O3/c1-6-7-10-26-20(27)17-16(11-12(2)3)25-23(18(17)21(26)28)15-9-8-13(4)14(5)19(15)24-22(23)29/h8-9,12,16-18,25H,6-7,10-11H2,1-5H3,(H,24,29). The molecule has 0 radical (unpaired) electrons. The van der Waals surface area contributed by atoms with E-state index in [2.05, 4.69) is 24.5 Å². The summed E-state index contributed by atoms with van der Waals surface area (Å²) in [5, 5.41) is 6.55. The molecule has 29 heavy (non-hydrogen) atoms. The van der Waals surface area contributed by atoms with E-state index in [0.29, 0.717) is 12.5 Å². The Morgan fingerprint density at radius 3 is 2.52 bits per heavy atom. The molecule has 0 bridgehead atoms. The number of nitrogens with one attached hydrogen (secondary N) is 2. The smallest absolute Gasteiger partial charge is 0.250 e. The molecule has 2 saturated heterocycles. The Morgan fingerprint density at radius 1 is 1.14 bits per heavy atom. The number of carbonyl (C=O) groups is 3. The number of unbranched alkanes of at least 4 members (excludes halogenated alkanes) is 1. The molecule has 156 valence electrons. The minimum atomic E-state index is -1.16. The van der Waals surface area contributed by atoms with Gasteiger partial charge in [-0.05, 0) is 43.7 Å². The lowest BCUT2D eigenvalue weighted by atomic mass is 9.75. The molecule has 3 amide bonds. The monoisotopic (exact) mass is 397 g/mol. The Labute approximate surface area is 172 Å². The van der Waals surface area contributed by atoms with E-state index in [-0.39, 0.29) is 23.8 Å². The van der Waals surface area contributed by atoms with Gasteiger partial charge < -0.3 is 5.32 Å². The third-order valence-electron chi connectivity index (χ3n) is 6.97. The van der Waals surface area contributed by atoms with Crippen LogP contribution in [-0.4, -0.2) is 35.2 Å². The van der Waals surface area contributed by atoms with Crippen molar-refractivity contribution in [2.45, 2.75) is 65.5 Å². The number of benzene rings is 1. The number of carbonyl (C=O) groups excluding carboxylic acids is 3. The maximum Gasteiger partial charge on any atom is 0.250 e. The van der Waals surface area contributed by atoms with Gasteiger partial charge in [0.25, 0.3) is 0 Å². The topological polar surface area (TPSA) is 78.5 Å². The zero-order chi connectivity index (χ0) is 21.1. The van der Waals surface area contributed by atoms with Crippen molar-refractivity contribution in [3.05, 3.63) is 28.8 Å². The molecule has 1 aromatic carbocycles. The van der Waals surface area contributed by atoms with Gasteiger partial charge in [-0.15, -0.1) is 0 Å². The van der Waals surface area contributed by atoms with E-state index in [0.717, 1.165) is 41.6 Å². The van der Waals surface area contributed by atoms with E-state index in [9.17, 15) is 14.4 Å². The molecule has 4 atom stereocenters. The summed E-state index contributed by atoms with van der Waals surface area (Å²) in [5.41, 5.74) is 2.54. The molecular weight excluding hydrogens is 366 g/mol. The number of aryl methyl sites for hydroxylation is 1. The van der Waals surface area contributed by atoms with Gasteiger partial charge in [0, 0.05) is 23.8 Å².